The van der Waals surface area contributed by atoms with E-state index in [4.69, 9.17) is 9.15 Å². The minimum Gasteiger partial charge on any atom is -0.481 e. The smallest absolute Gasteiger partial charge is 0.264 e. The van der Waals surface area contributed by atoms with Crippen LogP contribution in [0.15, 0.2) is 81.3 Å². The van der Waals surface area contributed by atoms with Crippen LogP contribution in [0.25, 0.3) is 11.0 Å². The Balaban J connectivity index is 1.25. The van der Waals surface area contributed by atoms with E-state index in [-0.39, 0.29) is 10.8 Å². The van der Waals surface area contributed by atoms with E-state index in [1.165, 1.54) is 4.31 Å². The van der Waals surface area contributed by atoms with Crippen molar-refractivity contribution in [3.8, 4) is 5.75 Å². The van der Waals surface area contributed by atoms with Gasteiger partial charge in [-0.15, -0.1) is 0 Å². The van der Waals surface area contributed by atoms with E-state index in [2.05, 4.69) is 0 Å². The number of sulfonamides is 1. The molecule has 2 aliphatic heterocycles. The Morgan fingerprint density at radius 3 is 2.44 bits per heavy atom. The van der Waals surface area contributed by atoms with Crippen LogP contribution in [0, 0.1) is 0 Å². The minimum absolute atomic E-state index is 0.0643. The van der Waals surface area contributed by atoms with Crippen LogP contribution in [-0.4, -0.2) is 55.8 Å². The highest BCUT2D eigenvalue weighted by Crippen LogP contribution is 2.31. The molecule has 8 heteroatoms. The Morgan fingerprint density at radius 1 is 1.03 bits per heavy atom. The molecule has 2 aliphatic rings. The largest absolute Gasteiger partial charge is 0.481 e. The molecular formula is C24H24N2O5S. The molecule has 2 aromatic carbocycles. The number of hydrogen-bond acceptors (Lipinski definition) is 5. The normalized spacial score (nSPS) is 17.7. The van der Waals surface area contributed by atoms with Crippen molar-refractivity contribution in [1.82, 2.24) is 9.21 Å². The van der Waals surface area contributed by atoms with Crippen molar-refractivity contribution >= 4 is 26.9 Å². The Labute approximate surface area is 186 Å². The number of nitrogens with zero attached hydrogens (tertiary/aromatic N) is 2. The molecule has 1 amide bonds. The van der Waals surface area contributed by atoms with Gasteiger partial charge < -0.3 is 14.1 Å². The number of furan rings is 1. The molecule has 166 valence electrons. The second kappa shape index (κ2) is 8.11. The predicted molar refractivity (Wildman–Crippen MR) is 120 cm³/mol. The summed E-state index contributed by atoms with van der Waals surface area (Å²) in [6, 6.07) is 16.0. The molecule has 0 N–H and O–H groups in total. The highest BCUT2D eigenvalue weighted by atomic mass is 32.2. The average Bonchev–Trinajstić information content (AvgIpc) is 3.52. The van der Waals surface area contributed by atoms with Crippen molar-refractivity contribution in [2.75, 3.05) is 26.2 Å². The van der Waals surface area contributed by atoms with Gasteiger partial charge >= 0.3 is 0 Å². The van der Waals surface area contributed by atoms with E-state index in [9.17, 15) is 13.2 Å². The van der Waals surface area contributed by atoms with E-state index in [0.717, 1.165) is 16.5 Å². The van der Waals surface area contributed by atoms with Crippen LogP contribution in [0.3, 0.4) is 0 Å². The standard InChI is InChI=1S/C24H24N2O5S/c1-2-22(31-20-6-4-3-5-7-20)24(27)25-13-18-15-26(16-19(18)14-25)32(28,29)21-8-9-23-17(12-21)10-11-30-23/h3-12,22H,2,13-16H2,1H3/t22-/m1/s1. The van der Waals surface area contributed by atoms with Gasteiger partial charge in [0.25, 0.3) is 5.91 Å². The zero-order valence-corrected chi connectivity index (χ0v) is 18.5. The first-order chi connectivity index (χ1) is 15.5. The summed E-state index contributed by atoms with van der Waals surface area (Å²) < 4.78 is 39.0. The molecule has 1 atom stereocenters. The first-order valence-corrected chi connectivity index (χ1v) is 12.1. The van der Waals surface area contributed by atoms with Gasteiger partial charge in [0.15, 0.2) is 6.10 Å². The monoisotopic (exact) mass is 452 g/mol. The summed E-state index contributed by atoms with van der Waals surface area (Å²) in [5.74, 6) is 0.602. The maximum absolute atomic E-state index is 13.2. The molecule has 0 unspecified atom stereocenters. The molecule has 7 nitrogen and oxygen atoms in total. The summed E-state index contributed by atoms with van der Waals surface area (Å²) in [6.07, 6.45) is 1.55. The second-order valence-electron chi connectivity index (χ2n) is 8.12. The molecule has 0 spiro atoms. The van der Waals surface area contributed by atoms with Crippen LogP contribution in [-0.2, 0) is 14.8 Å². The van der Waals surface area contributed by atoms with Gasteiger partial charge in [0, 0.05) is 31.6 Å². The van der Waals surface area contributed by atoms with Crippen molar-refractivity contribution in [3.63, 3.8) is 0 Å². The number of ether oxygens (including phenoxy) is 1. The lowest BCUT2D eigenvalue weighted by molar-refractivity contribution is -0.137. The maximum atomic E-state index is 13.2. The van der Waals surface area contributed by atoms with Gasteiger partial charge in [-0.05, 0) is 54.0 Å². The van der Waals surface area contributed by atoms with E-state index >= 15 is 0 Å². The molecule has 32 heavy (non-hydrogen) atoms. The summed E-state index contributed by atoms with van der Waals surface area (Å²) in [4.78, 5) is 15.1. The van der Waals surface area contributed by atoms with Gasteiger partial charge in [0.05, 0.1) is 11.2 Å². The number of para-hydroxylation sites is 1. The molecule has 0 saturated carbocycles. The number of benzene rings is 2. The number of hydrogen-bond donors (Lipinski definition) is 0. The Kier molecular flexibility index (Phi) is 5.27. The number of fused-ring (bicyclic) bond motifs is 1. The predicted octanol–water partition coefficient (Wildman–Crippen LogP) is 3.43. The summed E-state index contributed by atoms with van der Waals surface area (Å²) >= 11 is 0. The van der Waals surface area contributed by atoms with Crippen molar-refractivity contribution in [2.45, 2.75) is 24.3 Å². The van der Waals surface area contributed by atoms with Gasteiger partial charge in [0.1, 0.15) is 11.3 Å². The lowest BCUT2D eigenvalue weighted by Gasteiger charge is -2.26. The Morgan fingerprint density at radius 2 is 1.75 bits per heavy atom. The molecule has 3 aromatic rings. The van der Waals surface area contributed by atoms with Gasteiger partial charge in [-0.25, -0.2) is 8.42 Å². The third-order valence-electron chi connectivity index (χ3n) is 6.04. The highest BCUT2D eigenvalue weighted by Gasteiger charge is 2.39. The second-order valence-corrected chi connectivity index (χ2v) is 10.1. The number of carbonyl (C=O) groups excluding carboxylic acids is 1. The highest BCUT2D eigenvalue weighted by molar-refractivity contribution is 7.89. The zero-order chi connectivity index (χ0) is 22.3. The SMILES string of the molecule is CC[C@@H](Oc1ccccc1)C(=O)N1CC2=C(C1)CN(S(=O)(=O)c1ccc3occc3c1)C2. The van der Waals surface area contributed by atoms with Crippen LogP contribution in [0.5, 0.6) is 5.75 Å². The summed E-state index contributed by atoms with van der Waals surface area (Å²) in [7, 11) is -3.63. The minimum atomic E-state index is -3.63. The molecule has 0 fully saturated rings. The third-order valence-corrected chi connectivity index (χ3v) is 7.83. The fraction of sp³-hybridized carbons (Fsp3) is 0.292. The van der Waals surface area contributed by atoms with E-state index in [0.29, 0.717) is 43.9 Å². The van der Waals surface area contributed by atoms with Gasteiger partial charge in [-0.2, -0.15) is 4.31 Å². The maximum Gasteiger partial charge on any atom is 0.264 e. The van der Waals surface area contributed by atoms with Crippen LogP contribution < -0.4 is 4.74 Å². The quantitative estimate of drug-likeness (QED) is 0.536. The molecule has 0 radical (unpaired) electrons. The average molecular weight is 453 g/mol. The molecule has 1 aromatic heterocycles. The summed E-state index contributed by atoms with van der Waals surface area (Å²) in [5.41, 5.74) is 2.66. The number of carbonyl (C=O) groups is 1. The van der Waals surface area contributed by atoms with Crippen LogP contribution >= 0.6 is 0 Å². The van der Waals surface area contributed by atoms with Crippen molar-refractivity contribution in [2.24, 2.45) is 0 Å². The van der Waals surface area contributed by atoms with Crippen LogP contribution in [0.1, 0.15) is 13.3 Å². The van der Waals surface area contributed by atoms with Gasteiger partial charge in [-0.1, -0.05) is 25.1 Å². The van der Waals surface area contributed by atoms with Crippen LogP contribution in [0.4, 0.5) is 0 Å². The number of amides is 1. The summed E-state index contributed by atoms with van der Waals surface area (Å²) in [6.45, 7) is 3.42. The van der Waals surface area contributed by atoms with Crippen molar-refractivity contribution < 1.29 is 22.4 Å². The number of rotatable bonds is 6. The Hall–Kier alpha value is -3.10. The zero-order valence-electron chi connectivity index (χ0n) is 17.7. The molecular weight excluding hydrogens is 428 g/mol. The van der Waals surface area contributed by atoms with Crippen LogP contribution in [0.2, 0.25) is 0 Å². The van der Waals surface area contributed by atoms with Gasteiger partial charge in [0.2, 0.25) is 10.0 Å². The van der Waals surface area contributed by atoms with E-state index < -0.39 is 16.1 Å². The molecule has 5 rings (SSSR count). The lowest BCUT2D eigenvalue weighted by atomic mass is 10.2. The van der Waals surface area contributed by atoms with Gasteiger partial charge in [-0.3, -0.25) is 4.79 Å². The van der Waals surface area contributed by atoms with Crippen molar-refractivity contribution in [3.05, 3.63) is 72.0 Å². The topological polar surface area (TPSA) is 80.1 Å². The lowest BCUT2D eigenvalue weighted by Crippen LogP contribution is -2.43. The van der Waals surface area contributed by atoms with E-state index in [1.807, 2.05) is 37.3 Å². The first-order valence-electron chi connectivity index (χ1n) is 10.6. The molecule has 0 aliphatic carbocycles. The fourth-order valence-corrected chi connectivity index (χ4v) is 5.77. The molecule has 0 bridgehead atoms. The Bertz CT molecular complexity index is 1280. The summed E-state index contributed by atoms with van der Waals surface area (Å²) in [5, 5.41) is 0.756. The molecule has 3 heterocycles. The van der Waals surface area contributed by atoms with Crippen molar-refractivity contribution in [1.29, 1.82) is 0 Å². The first kappa shape index (κ1) is 20.8. The fourth-order valence-electron chi connectivity index (χ4n) is 4.30. The van der Waals surface area contributed by atoms with E-state index in [1.54, 1.807) is 35.4 Å². The third kappa shape index (κ3) is 3.69. The molecule has 0 saturated heterocycles.